The number of carbonyl (C=O) groups excluding carboxylic acids is 1. The lowest BCUT2D eigenvalue weighted by atomic mass is 9.77. The molecule has 1 saturated carbocycles. The van der Waals surface area contributed by atoms with Gasteiger partial charge in [0, 0.05) is 15.3 Å². The molecule has 2 bridgehead atoms. The van der Waals surface area contributed by atoms with E-state index in [9.17, 15) is 18.0 Å². The minimum Gasteiger partial charge on any atom is -0.346 e. The Kier molecular flexibility index (Phi) is 4.24. The van der Waals surface area contributed by atoms with Crippen LogP contribution in [0.3, 0.4) is 0 Å². The molecule has 28 heavy (non-hydrogen) atoms. The highest BCUT2D eigenvalue weighted by Crippen LogP contribution is 2.53. The summed E-state index contributed by atoms with van der Waals surface area (Å²) in [6.07, 6.45) is -1.00. The first kappa shape index (κ1) is 18.7. The number of halogens is 4. The van der Waals surface area contributed by atoms with Gasteiger partial charge in [0.1, 0.15) is 0 Å². The number of rotatable bonds is 3. The molecule has 1 N–H and O–H groups in total. The van der Waals surface area contributed by atoms with Crippen molar-refractivity contribution in [2.45, 2.75) is 49.9 Å². The molecule has 4 fully saturated rings. The van der Waals surface area contributed by atoms with Crippen molar-refractivity contribution in [2.75, 3.05) is 13.1 Å². The Morgan fingerprint density at radius 3 is 2.64 bits per heavy atom. The molecule has 1 aliphatic carbocycles. The summed E-state index contributed by atoms with van der Waals surface area (Å²) in [4.78, 5) is 16.0. The Hall–Kier alpha value is -1.31. The van der Waals surface area contributed by atoms with Crippen LogP contribution in [-0.2, 0) is 6.42 Å². The summed E-state index contributed by atoms with van der Waals surface area (Å²) in [7, 11) is 0. The number of alkyl halides is 3. The van der Waals surface area contributed by atoms with Gasteiger partial charge in [-0.05, 0) is 67.8 Å². The third kappa shape index (κ3) is 3.02. The van der Waals surface area contributed by atoms with Gasteiger partial charge in [0.15, 0.2) is 0 Å². The van der Waals surface area contributed by atoms with Crippen LogP contribution in [0.25, 0.3) is 10.1 Å². The van der Waals surface area contributed by atoms with Gasteiger partial charge >= 0.3 is 6.18 Å². The number of nitrogens with zero attached hydrogens (tertiary/aromatic N) is 1. The van der Waals surface area contributed by atoms with Crippen LogP contribution >= 0.6 is 22.9 Å². The van der Waals surface area contributed by atoms with Gasteiger partial charge < -0.3 is 5.32 Å². The standard InChI is InChI=1S/C20H20ClF3N2OS/c21-14-2-1-12-9-15(28-16(12)13(14)10-20(22,23)24)18(27)25-17-11-3-7-26(8-4-11)19(17)5-6-19/h1-2,9,11,17H,3-8,10H2,(H,25,27)/t17-/m1/s1. The number of carbonyl (C=O) groups is 1. The van der Waals surface area contributed by atoms with Crippen molar-refractivity contribution in [2.24, 2.45) is 5.92 Å². The Labute approximate surface area is 169 Å². The van der Waals surface area contributed by atoms with Crippen molar-refractivity contribution in [3.8, 4) is 0 Å². The van der Waals surface area contributed by atoms with Crippen LogP contribution < -0.4 is 5.32 Å². The molecule has 6 rings (SSSR count). The maximum absolute atomic E-state index is 13.0. The summed E-state index contributed by atoms with van der Waals surface area (Å²) in [6, 6.07) is 4.99. The van der Waals surface area contributed by atoms with Gasteiger partial charge in [-0.3, -0.25) is 9.69 Å². The lowest BCUT2D eigenvalue weighted by Crippen LogP contribution is -2.65. The second kappa shape index (κ2) is 6.34. The zero-order valence-corrected chi connectivity index (χ0v) is 16.7. The summed E-state index contributed by atoms with van der Waals surface area (Å²) in [5.41, 5.74) is 0.176. The maximum atomic E-state index is 13.0. The summed E-state index contributed by atoms with van der Waals surface area (Å²) in [5.74, 6) is 0.321. The third-order valence-corrected chi connectivity index (χ3v) is 8.17. The van der Waals surface area contributed by atoms with Gasteiger partial charge in [-0.2, -0.15) is 13.2 Å². The van der Waals surface area contributed by atoms with Gasteiger partial charge in [0.2, 0.25) is 0 Å². The van der Waals surface area contributed by atoms with Crippen molar-refractivity contribution in [3.05, 3.63) is 33.7 Å². The molecule has 3 nitrogen and oxygen atoms in total. The topological polar surface area (TPSA) is 32.3 Å². The van der Waals surface area contributed by atoms with Crippen molar-refractivity contribution < 1.29 is 18.0 Å². The normalized spacial score (nSPS) is 28.1. The number of hydrogen-bond donors (Lipinski definition) is 1. The number of thiophene rings is 1. The van der Waals surface area contributed by atoms with Crippen molar-refractivity contribution in [3.63, 3.8) is 0 Å². The van der Waals surface area contributed by atoms with Crippen LogP contribution in [0.4, 0.5) is 13.2 Å². The molecular formula is C20H20ClF3N2OS. The van der Waals surface area contributed by atoms with Gasteiger partial charge in [0.05, 0.1) is 17.3 Å². The number of benzene rings is 1. The van der Waals surface area contributed by atoms with Crippen molar-refractivity contribution in [1.82, 2.24) is 10.2 Å². The average molecular weight is 429 g/mol. The number of amides is 1. The van der Waals surface area contributed by atoms with E-state index in [0.717, 1.165) is 50.1 Å². The lowest BCUT2D eigenvalue weighted by Gasteiger charge is -2.52. The zero-order chi connectivity index (χ0) is 19.7. The number of nitrogens with one attached hydrogen (secondary N) is 1. The van der Waals surface area contributed by atoms with Crippen LogP contribution in [-0.4, -0.2) is 41.7 Å². The van der Waals surface area contributed by atoms with E-state index in [0.29, 0.717) is 20.9 Å². The zero-order valence-electron chi connectivity index (χ0n) is 15.1. The summed E-state index contributed by atoms with van der Waals surface area (Å²) < 4.78 is 39.3. The molecule has 4 heterocycles. The number of fused-ring (bicyclic) bond motifs is 3. The quantitative estimate of drug-likeness (QED) is 0.744. The molecule has 3 aliphatic heterocycles. The molecule has 2 aromatic rings. The van der Waals surface area contributed by atoms with E-state index in [4.69, 9.17) is 11.6 Å². The van der Waals surface area contributed by atoms with Crippen LogP contribution in [0.5, 0.6) is 0 Å². The van der Waals surface area contributed by atoms with Crippen molar-refractivity contribution >= 4 is 38.9 Å². The molecule has 1 aromatic heterocycles. The van der Waals surface area contributed by atoms with Crippen molar-refractivity contribution in [1.29, 1.82) is 0 Å². The van der Waals surface area contributed by atoms with E-state index in [1.165, 1.54) is 6.07 Å². The Morgan fingerprint density at radius 2 is 2.00 bits per heavy atom. The molecule has 3 saturated heterocycles. The Balaban J connectivity index is 1.43. The second-order valence-corrected chi connectivity index (χ2v) is 9.69. The number of piperidine rings is 3. The molecule has 4 aliphatic rings. The van der Waals surface area contributed by atoms with Gasteiger partial charge in [-0.1, -0.05) is 17.7 Å². The van der Waals surface area contributed by atoms with E-state index in [1.807, 2.05) is 0 Å². The predicted molar refractivity (Wildman–Crippen MR) is 104 cm³/mol. The highest BCUT2D eigenvalue weighted by Gasteiger charge is 2.60. The average Bonchev–Trinajstić information content (AvgIpc) is 3.29. The molecule has 0 unspecified atom stereocenters. The highest BCUT2D eigenvalue weighted by atomic mass is 35.5. The fraction of sp³-hybridized carbons (Fsp3) is 0.550. The van der Waals surface area contributed by atoms with E-state index >= 15 is 0 Å². The second-order valence-electron chi connectivity index (χ2n) is 8.23. The molecule has 0 radical (unpaired) electrons. The van der Waals surface area contributed by atoms with Crippen LogP contribution in [0.2, 0.25) is 5.02 Å². The van der Waals surface area contributed by atoms with Crippen LogP contribution in [0, 0.1) is 5.92 Å². The summed E-state index contributed by atoms with van der Waals surface area (Å²) in [6.45, 7) is 2.22. The van der Waals surface area contributed by atoms with E-state index < -0.39 is 12.6 Å². The number of hydrogen-bond acceptors (Lipinski definition) is 3. The van der Waals surface area contributed by atoms with E-state index in [-0.39, 0.29) is 28.1 Å². The molecule has 1 atom stereocenters. The minimum absolute atomic E-state index is 0.0530. The summed E-state index contributed by atoms with van der Waals surface area (Å²) in [5, 5.41) is 3.96. The SMILES string of the molecule is O=C(N[C@@H]1C2CCN(CC2)C12CC2)c1cc2ccc(Cl)c(CC(F)(F)F)c2s1. The monoisotopic (exact) mass is 428 g/mol. The smallest absolute Gasteiger partial charge is 0.346 e. The van der Waals surface area contributed by atoms with Gasteiger partial charge in [-0.15, -0.1) is 11.3 Å². The first-order chi connectivity index (χ1) is 13.3. The maximum Gasteiger partial charge on any atom is 0.393 e. The molecule has 1 amide bonds. The lowest BCUT2D eigenvalue weighted by molar-refractivity contribution is -0.126. The Morgan fingerprint density at radius 1 is 1.29 bits per heavy atom. The molecule has 8 heteroatoms. The molecule has 1 aromatic carbocycles. The molecular weight excluding hydrogens is 409 g/mol. The third-order valence-electron chi connectivity index (χ3n) is 6.60. The highest BCUT2D eigenvalue weighted by molar-refractivity contribution is 7.21. The van der Waals surface area contributed by atoms with Crippen LogP contribution in [0.1, 0.15) is 40.9 Å². The molecule has 150 valence electrons. The fourth-order valence-electron chi connectivity index (χ4n) is 5.15. The van der Waals surface area contributed by atoms with Gasteiger partial charge in [-0.25, -0.2) is 0 Å². The largest absolute Gasteiger partial charge is 0.393 e. The van der Waals surface area contributed by atoms with E-state index in [1.54, 1.807) is 12.1 Å². The first-order valence-electron chi connectivity index (χ1n) is 9.60. The van der Waals surface area contributed by atoms with Gasteiger partial charge in [0.25, 0.3) is 5.91 Å². The van der Waals surface area contributed by atoms with Crippen LogP contribution in [0.15, 0.2) is 18.2 Å². The predicted octanol–water partition coefficient (Wildman–Crippen LogP) is 5.02. The summed E-state index contributed by atoms with van der Waals surface area (Å²) >= 11 is 7.15. The molecule has 1 spiro atoms. The first-order valence-corrected chi connectivity index (χ1v) is 10.8. The minimum atomic E-state index is -4.35. The fourth-order valence-corrected chi connectivity index (χ4v) is 6.54. The Bertz CT molecular complexity index is 945. The van der Waals surface area contributed by atoms with E-state index in [2.05, 4.69) is 10.2 Å².